The lowest BCUT2D eigenvalue weighted by Crippen LogP contribution is -2.53. The maximum atomic E-state index is 13.0. The van der Waals surface area contributed by atoms with Gasteiger partial charge in [0, 0.05) is 56.6 Å². The number of piperazine rings is 1. The van der Waals surface area contributed by atoms with Crippen LogP contribution in [-0.4, -0.2) is 78.1 Å². The van der Waals surface area contributed by atoms with Gasteiger partial charge in [0.05, 0.1) is 5.75 Å². The van der Waals surface area contributed by atoms with Gasteiger partial charge in [-0.1, -0.05) is 57.5 Å². The second-order valence-electron chi connectivity index (χ2n) is 11.1. The SMILES string of the molecule is CC(C)C(=O)N(CCN1CCN(C(=O)CSc2ccccc2)CC1)CC1=CCC2CC1C2(C)C. The topological polar surface area (TPSA) is 43.9 Å². The van der Waals surface area contributed by atoms with Gasteiger partial charge in [-0.2, -0.15) is 0 Å². The maximum Gasteiger partial charge on any atom is 0.233 e. The predicted octanol–water partition coefficient (Wildman–Crippen LogP) is 4.40. The average Bonchev–Trinajstić information content (AvgIpc) is 2.85. The number of hydrogen-bond acceptors (Lipinski definition) is 4. The Morgan fingerprint density at radius 1 is 1.12 bits per heavy atom. The largest absolute Gasteiger partial charge is 0.339 e. The summed E-state index contributed by atoms with van der Waals surface area (Å²) in [7, 11) is 0. The summed E-state index contributed by atoms with van der Waals surface area (Å²) in [5.41, 5.74) is 1.87. The monoisotopic (exact) mass is 483 g/mol. The van der Waals surface area contributed by atoms with Crippen molar-refractivity contribution in [3.63, 3.8) is 0 Å². The van der Waals surface area contributed by atoms with Crippen LogP contribution >= 0.6 is 11.8 Å². The summed E-state index contributed by atoms with van der Waals surface area (Å²) in [6, 6.07) is 10.1. The predicted molar refractivity (Wildman–Crippen MR) is 140 cm³/mol. The van der Waals surface area contributed by atoms with E-state index in [1.54, 1.807) is 11.8 Å². The molecule has 1 saturated carbocycles. The number of nitrogens with zero attached hydrogens (tertiary/aromatic N) is 3. The van der Waals surface area contributed by atoms with E-state index in [9.17, 15) is 9.59 Å². The van der Waals surface area contributed by atoms with E-state index < -0.39 is 0 Å². The highest BCUT2D eigenvalue weighted by Gasteiger charge is 2.51. The lowest BCUT2D eigenvalue weighted by Gasteiger charge is -2.57. The quantitative estimate of drug-likeness (QED) is 0.386. The molecule has 0 spiro atoms. The maximum absolute atomic E-state index is 13.0. The fourth-order valence-electron chi connectivity index (χ4n) is 5.74. The minimum atomic E-state index is 0.0166. The molecule has 2 amide bonds. The van der Waals surface area contributed by atoms with Crippen LogP contribution in [0.15, 0.2) is 46.9 Å². The molecule has 1 aliphatic heterocycles. The van der Waals surface area contributed by atoms with Crippen LogP contribution in [0.4, 0.5) is 0 Å². The van der Waals surface area contributed by atoms with E-state index in [-0.39, 0.29) is 17.7 Å². The number of carbonyl (C=O) groups is 2. The Morgan fingerprint density at radius 2 is 1.82 bits per heavy atom. The average molecular weight is 484 g/mol. The van der Waals surface area contributed by atoms with E-state index in [0.717, 1.165) is 56.6 Å². The van der Waals surface area contributed by atoms with E-state index in [1.807, 2.05) is 49.1 Å². The molecule has 1 aromatic carbocycles. The van der Waals surface area contributed by atoms with Crippen molar-refractivity contribution in [2.45, 2.75) is 45.4 Å². The summed E-state index contributed by atoms with van der Waals surface area (Å²) in [6.07, 6.45) is 4.88. The number of thioether (sulfide) groups is 1. The zero-order valence-electron chi connectivity index (χ0n) is 21.3. The zero-order valence-corrected chi connectivity index (χ0v) is 22.2. The number of rotatable bonds is 9. The van der Waals surface area contributed by atoms with Gasteiger partial charge in [-0.15, -0.1) is 11.8 Å². The van der Waals surface area contributed by atoms with Crippen molar-refractivity contribution >= 4 is 23.6 Å². The Labute approximate surface area is 209 Å². The van der Waals surface area contributed by atoms with Crippen LogP contribution in [0, 0.1) is 23.2 Å². The van der Waals surface area contributed by atoms with Crippen molar-refractivity contribution in [1.82, 2.24) is 14.7 Å². The molecule has 6 heteroatoms. The first-order valence-corrected chi connectivity index (χ1v) is 13.9. The molecule has 0 radical (unpaired) electrons. The molecule has 1 aromatic rings. The van der Waals surface area contributed by atoms with Crippen LogP contribution in [0.2, 0.25) is 0 Å². The van der Waals surface area contributed by atoms with E-state index in [0.29, 0.717) is 17.1 Å². The molecule has 1 saturated heterocycles. The third kappa shape index (κ3) is 5.71. The van der Waals surface area contributed by atoms with E-state index in [2.05, 4.69) is 29.7 Å². The molecule has 3 aliphatic carbocycles. The molecular weight excluding hydrogens is 442 g/mol. The molecule has 2 atom stereocenters. The summed E-state index contributed by atoms with van der Waals surface area (Å²) in [6.45, 7) is 14.5. The Hall–Kier alpha value is -1.79. The van der Waals surface area contributed by atoms with Gasteiger partial charge in [0.25, 0.3) is 0 Å². The highest BCUT2D eigenvalue weighted by molar-refractivity contribution is 8.00. The molecule has 186 valence electrons. The van der Waals surface area contributed by atoms with Gasteiger partial charge in [0.2, 0.25) is 11.8 Å². The van der Waals surface area contributed by atoms with Crippen molar-refractivity contribution in [1.29, 1.82) is 0 Å². The first-order chi connectivity index (χ1) is 16.3. The van der Waals surface area contributed by atoms with Crippen LogP contribution in [-0.2, 0) is 9.59 Å². The molecule has 4 aliphatic rings. The van der Waals surface area contributed by atoms with Crippen molar-refractivity contribution in [3.05, 3.63) is 42.0 Å². The molecule has 5 nitrogen and oxygen atoms in total. The summed E-state index contributed by atoms with van der Waals surface area (Å²) >= 11 is 1.61. The minimum Gasteiger partial charge on any atom is -0.339 e. The lowest BCUT2D eigenvalue weighted by molar-refractivity contribution is -0.134. The Morgan fingerprint density at radius 3 is 2.44 bits per heavy atom. The molecule has 2 bridgehead atoms. The first kappa shape index (κ1) is 25.3. The van der Waals surface area contributed by atoms with Crippen molar-refractivity contribution < 1.29 is 9.59 Å². The summed E-state index contributed by atoms with van der Waals surface area (Å²) in [4.78, 5) is 33.3. The van der Waals surface area contributed by atoms with E-state index in [4.69, 9.17) is 0 Å². The van der Waals surface area contributed by atoms with Crippen molar-refractivity contribution in [2.24, 2.45) is 23.2 Å². The van der Waals surface area contributed by atoms with Crippen LogP contribution in [0.1, 0.15) is 40.5 Å². The van der Waals surface area contributed by atoms with Crippen molar-refractivity contribution in [3.8, 4) is 0 Å². The van der Waals surface area contributed by atoms with Gasteiger partial charge in [-0.05, 0) is 42.2 Å². The molecular formula is C28H41N3O2S. The Bertz CT molecular complexity index is 890. The van der Waals surface area contributed by atoms with Crippen LogP contribution in [0.3, 0.4) is 0 Å². The summed E-state index contributed by atoms with van der Waals surface area (Å²) in [5, 5.41) is 0. The Balaban J connectivity index is 1.24. The Kier molecular flexibility index (Phi) is 8.08. The zero-order chi connectivity index (χ0) is 24.3. The normalized spacial score (nSPS) is 23.9. The number of hydrogen-bond donors (Lipinski definition) is 0. The number of amides is 2. The number of allylic oxidation sites excluding steroid dienone is 1. The van der Waals surface area contributed by atoms with Gasteiger partial charge in [0.15, 0.2) is 0 Å². The smallest absolute Gasteiger partial charge is 0.233 e. The standard InChI is InChI=1S/C28H41N3O2S/c1-21(2)27(33)31(19-22-10-11-23-18-25(22)28(23,3)4)17-14-29-12-15-30(16-13-29)26(32)20-34-24-8-6-5-7-9-24/h5-10,21,23,25H,11-20H2,1-4H3. The van der Waals surface area contributed by atoms with Gasteiger partial charge in [-0.3, -0.25) is 14.5 Å². The van der Waals surface area contributed by atoms with Gasteiger partial charge >= 0.3 is 0 Å². The number of benzene rings is 1. The van der Waals surface area contributed by atoms with Gasteiger partial charge in [0.1, 0.15) is 0 Å². The van der Waals surface area contributed by atoms with Gasteiger partial charge < -0.3 is 9.80 Å². The second-order valence-corrected chi connectivity index (χ2v) is 12.1. The molecule has 0 aromatic heterocycles. The number of carbonyl (C=O) groups excluding carboxylic acids is 2. The van der Waals surface area contributed by atoms with E-state index in [1.165, 1.54) is 18.4 Å². The highest BCUT2D eigenvalue weighted by Crippen LogP contribution is 2.59. The summed E-state index contributed by atoms with van der Waals surface area (Å²) in [5.74, 6) is 2.44. The second kappa shape index (κ2) is 10.9. The molecule has 2 fully saturated rings. The fraction of sp³-hybridized carbons (Fsp3) is 0.643. The molecule has 5 rings (SSSR count). The van der Waals surface area contributed by atoms with Crippen molar-refractivity contribution in [2.75, 3.05) is 51.6 Å². The van der Waals surface area contributed by atoms with Gasteiger partial charge in [-0.25, -0.2) is 0 Å². The first-order valence-electron chi connectivity index (χ1n) is 12.9. The molecule has 34 heavy (non-hydrogen) atoms. The van der Waals surface area contributed by atoms with Crippen LogP contribution < -0.4 is 0 Å². The minimum absolute atomic E-state index is 0.0166. The third-order valence-electron chi connectivity index (χ3n) is 8.28. The van der Waals surface area contributed by atoms with E-state index >= 15 is 0 Å². The molecule has 0 N–H and O–H groups in total. The lowest BCUT2D eigenvalue weighted by atomic mass is 9.49. The molecule has 2 unspecified atom stereocenters. The third-order valence-corrected chi connectivity index (χ3v) is 9.28. The number of fused-ring (bicyclic) bond motifs is 1. The summed E-state index contributed by atoms with van der Waals surface area (Å²) < 4.78 is 0. The van der Waals surface area contributed by atoms with Crippen LogP contribution in [0.25, 0.3) is 0 Å². The fourth-order valence-corrected chi connectivity index (χ4v) is 6.57. The molecule has 1 heterocycles. The highest BCUT2D eigenvalue weighted by atomic mass is 32.2. The van der Waals surface area contributed by atoms with Crippen LogP contribution in [0.5, 0.6) is 0 Å².